The van der Waals surface area contributed by atoms with E-state index in [9.17, 15) is 24.6 Å². The first-order valence-electron chi connectivity index (χ1n) is 20.9. The smallest absolute Gasteiger partial charge is 0.351 e. The number of rotatable bonds is 7. The number of benzene rings is 1. The third-order valence-corrected chi connectivity index (χ3v) is 12.8. The molecule has 2 aromatic rings. The number of alkyl halides is 1. The van der Waals surface area contributed by atoms with Crippen molar-refractivity contribution >= 4 is 45.9 Å². The highest BCUT2D eigenvalue weighted by molar-refractivity contribution is 6.08. The number of aliphatic hydroxyl groups excluding tert-OH is 1. The van der Waals surface area contributed by atoms with Crippen molar-refractivity contribution in [2.75, 3.05) is 26.4 Å². The number of aromatic nitrogens is 1. The summed E-state index contributed by atoms with van der Waals surface area (Å²) in [7, 11) is 3.65. The molecule has 4 heterocycles. The summed E-state index contributed by atoms with van der Waals surface area (Å²) in [4.78, 5) is 53.5. The minimum Gasteiger partial charge on any atom is -0.457 e. The Kier molecular flexibility index (Phi) is 14.6. The summed E-state index contributed by atoms with van der Waals surface area (Å²) in [6, 6.07) is 4.91. The third kappa shape index (κ3) is 9.92. The Labute approximate surface area is 351 Å². The minimum absolute atomic E-state index is 0.0354. The number of ketones is 1. The number of aliphatic imine (C=N–C) groups is 1. The predicted octanol–water partition coefficient (Wildman–Crippen LogP) is 4.95. The van der Waals surface area contributed by atoms with Crippen molar-refractivity contribution in [2.45, 2.75) is 155 Å². The molecule has 5 rings (SSSR count). The zero-order chi connectivity index (χ0) is 44.5. The number of oxime groups is 1. The number of amides is 1. The highest BCUT2D eigenvalue weighted by atomic mass is 19.1. The molecule has 17 heteroatoms. The molecule has 1 aromatic heterocycles. The van der Waals surface area contributed by atoms with Crippen LogP contribution in [-0.4, -0.2) is 124 Å². The highest BCUT2D eigenvalue weighted by Crippen LogP contribution is 2.43. The fourth-order valence-corrected chi connectivity index (χ4v) is 9.42. The maximum Gasteiger partial charge on any atom is 0.351 e. The van der Waals surface area contributed by atoms with Crippen molar-refractivity contribution in [1.82, 2.24) is 10.1 Å². The summed E-state index contributed by atoms with van der Waals surface area (Å²) >= 11 is 0. The number of fused-ring (bicyclic) bond motifs is 6. The van der Waals surface area contributed by atoms with Crippen LogP contribution in [0.3, 0.4) is 0 Å². The molecule has 3 aliphatic heterocycles. The van der Waals surface area contributed by atoms with Crippen LogP contribution in [0.2, 0.25) is 0 Å². The number of hydrogen-bond acceptors (Lipinski definition) is 15. The fourth-order valence-electron chi connectivity index (χ4n) is 9.42. The monoisotopic (exact) mass is 845 g/mol. The van der Waals surface area contributed by atoms with Gasteiger partial charge in [-0.25, -0.2) is 14.2 Å². The van der Waals surface area contributed by atoms with E-state index in [0.717, 1.165) is 12.5 Å². The maximum atomic E-state index is 16.9. The van der Waals surface area contributed by atoms with Crippen molar-refractivity contribution in [3.8, 4) is 0 Å². The molecule has 2 bridgehead atoms. The lowest BCUT2D eigenvalue weighted by molar-refractivity contribution is -0.296. The maximum absolute atomic E-state index is 16.9. The molecule has 0 aliphatic carbocycles. The van der Waals surface area contributed by atoms with Gasteiger partial charge in [0, 0.05) is 30.5 Å². The number of nitrogens with two attached hydrogens (primary N) is 1. The lowest BCUT2D eigenvalue weighted by Gasteiger charge is -2.48. The molecule has 0 radical (unpaired) electrons. The van der Waals surface area contributed by atoms with Crippen molar-refractivity contribution in [1.29, 1.82) is 0 Å². The van der Waals surface area contributed by atoms with Crippen molar-refractivity contribution in [2.24, 2.45) is 33.8 Å². The van der Waals surface area contributed by atoms with Crippen LogP contribution in [0.25, 0.3) is 11.0 Å². The summed E-state index contributed by atoms with van der Waals surface area (Å²) in [5.41, 5.74) is 1.54. The van der Waals surface area contributed by atoms with Crippen LogP contribution >= 0.6 is 0 Å². The van der Waals surface area contributed by atoms with Crippen LogP contribution in [-0.2, 0) is 44.8 Å². The van der Waals surface area contributed by atoms with E-state index in [1.807, 2.05) is 39.8 Å². The summed E-state index contributed by atoms with van der Waals surface area (Å²) in [6.45, 7) is 13.9. The van der Waals surface area contributed by atoms with Gasteiger partial charge in [0.2, 0.25) is 5.91 Å². The molecule has 334 valence electrons. The molecule has 3 saturated heterocycles. The highest BCUT2D eigenvalue weighted by Gasteiger charge is 2.56. The van der Waals surface area contributed by atoms with Crippen LogP contribution in [0, 0.1) is 23.7 Å². The van der Waals surface area contributed by atoms with Crippen LogP contribution in [0.5, 0.6) is 0 Å². The van der Waals surface area contributed by atoms with E-state index < -0.39 is 88.8 Å². The topological polar surface area (TPSA) is 218 Å². The van der Waals surface area contributed by atoms with Gasteiger partial charge in [0.1, 0.15) is 24.4 Å². The normalized spacial score (nSPS) is 39.0. The summed E-state index contributed by atoms with van der Waals surface area (Å²) in [5, 5.41) is 33.1. The molecule has 60 heavy (non-hydrogen) atoms. The van der Waals surface area contributed by atoms with E-state index in [2.05, 4.69) is 15.3 Å². The predicted molar refractivity (Wildman–Crippen MR) is 221 cm³/mol. The van der Waals surface area contributed by atoms with Crippen LogP contribution in [0.15, 0.2) is 32.9 Å². The minimum atomic E-state index is -3.18. The average Bonchev–Trinajstić information content (AvgIpc) is 3.54. The second-order valence-corrected chi connectivity index (χ2v) is 17.8. The second kappa shape index (κ2) is 18.6. The number of nitrogens with zero attached hydrogens (tertiary/aromatic N) is 4. The number of nitrogen functional groups attached to an aromatic ring is 1. The fraction of sp³-hybridized carbons (Fsp3) is 0.721. The molecule has 16 nitrogen and oxygen atoms in total. The van der Waals surface area contributed by atoms with Gasteiger partial charge in [-0.05, 0) is 103 Å². The number of hydrogen-bond donors (Lipinski definition) is 3. The van der Waals surface area contributed by atoms with Gasteiger partial charge in [-0.15, -0.1) is 0 Å². The average molecular weight is 846 g/mol. The Bertz CT molecular complexity index is 1930. The van der Waals surface area contributed by atoms with E-state index in [1.54, 1.807) is 32.0 Å². The molecule has 0 unspecified atom stereocenters. The standard InChI is InChI=1S/C43H64FN5O11/c1-12-33-43(9,54)30-15-14-28(47-56-20-27-13-16-32-29(18-27)38(45)48-60-32)21-55-41(7,19-22(2)34(24(30)4)46-26(6)50)37(25(5)36(52)42(8,44)40(53)58-33)59-39-35(51)31(49(10)11)17-23(3)57-39/h13,16,18,22-25,30-31,33,35,37,39,51,54H,12,14-15,17,19-21H2,1-11H3,(H2,45,48)/b46-34?,47-28+/t22-,23-,24-,25+,30-,31+,33-,35-,37-,39+,41-,42+,43+/m1/s1. The van der Waals surface area contributed by atoms with E-state index in [1.165, 1.54) is 20.8 Å². The molecule has 1 aromatic carbocycles. The number of carbonyl (C=O) groups is 3. The van der Waals surface area contributed by atoms with E-state index >= 15 is 4.39 Å². The van der Waals surface area contributed by atoms with Gasteiger partial charge in [-0.3, -0.25) is 9.59 Å². The van der Waals surface area contributed by atoms with Gasteiger partial charge in [0.05, 0.1) is 35.5 Å². The SMILES string of the molecule is CC[C@H]1OC(=O)[C@@](C)(F)C(=O)[C@H](C)[C@@H](O[C@@H]2O[C@H](C)C[C@H](N(C)C)[C@H]2O)[C@@]2(C)C[C@@H](C)C(=NC(C)=O)[C@H](C)[C@@H](CC/C(=N\OCc3ccc4onc(N)c4c3)CO2)[C@]1(C)O. The second-order valence-electron chi connectivity index (χ2n) is 17.8. The quantitative estimate of drug-likeness (QED) is 0.191. The van der Waals surface area contributed by atoms with Gasteiger partial charge < -0.3 is 49.2 Å². The third-order valence-electron chi connectivity index (χ3n) is 12.8. The van der Waals surface area contributed by atoms with Crippen LogP contribution in [0.1, 0.15) is 100.0 Å². The van der Waals surface area contributed by atoms with Gasteiger partial charge in [0.25, 0.3) is 5.67 Å². The Morgan fingerprint density at radius 3 is 2.48 bits per heavy atom. The van der Waals surface area contributed by atoms with Gasteiger partial charge in [-0.1, -0.05) is 44.1 Å². The Hall–Kier alpha value is -3.87. The molecule has 0 saturated carbocycles. The first-order chi connectivity index (χ1) is 28.0. The Morgan fingerprint density at radius 2 is 1.83 bits per heavy atom. The number of halogens is 1. The number of likely N-dealkylation sites (N-methyl/N-ethyl adjacent to an activating group) is 1. The number of Topliss-reactive ketones (excluding diaryl/α,β-unsaturated/α-hetero) is 1. The summed E-state index contributed by atoms with van der Waals surface area (Å²) < 4.78 is 47.7. The molecule has 4 N–H and O–H groups in total. The number of carbonyl (C=O) groups excluding carboxylic acids is 3. The van der Waals surface area contributed by atoms with Crippen LogP contribution in [0.4, 0.5) is 10.2 Å². The van der Waals surface area contributed by atoms with E-state index in [0.29, 0.717) is 28.8 Å². The molecular weight excluding hydrogens is 781 g/mol. The molecule has 0 spiro atoms. The largest absolute Gasteiger partial charge is 0.457 e. The molecule has 1 amide bonds. The zero-order valence-corrected chi connectivity index (χ0v) is 36.8. The molecular formula is C43H64FN5O11. The van der Waals surface area contributed by atoms with E-state index in [4.69, 9.17) is 34.0 Å². The van der Waals surface area contributed by atoms with Crippen molar-refractivity contribution in [3.63, 3.8) is 0 Å². The van der Waals surface area contributed by atoms with Gasteiger partial charge in [0.15, 0.2) is 23.5 Å². The number of ether oxygens (including phenoxy) is 4. The zero-order valence-electron chi connectivity index (χ0n) is 36.8. The lowest BCUT2D eigenvalue weighted by atomic mass is 9.68. The van der Waals surface area contributed by atoms with Gasteiger partial charge in [-0.2, -0.15) is 0 Å². The van der Waals surface area contributed by atoms with Crippen molar-refractivity contribution < 1.29 is 57.3 Å². The van der Waals surface area contributed by atoms with Gasteiger partial charge >= 0.3 is 5.97 Å². The lowest BCUT2D eigenvalue weighted by Crippen LogP contribution is -2.61. The number of anilines is 1. The molecule has 3 aliphatic rings. The number of aliphatic hydroxyl groups is 2. The van der Waals surface area contributed by atoms with Crippen LogP contribution < -0.4 is 5.73 Å². The summed E-state index contributed by atoms with van der Waals surface area (Å²) in [5.74, 6) is -6.19. The number of cyclic esters (lactones) is 1. The first kappa shape index (κ1) is 47.2. The Morgan fingerprint density at radius 1 is 1.13 bits per heavy atom. The summed E-state index contributed by atoms with van der Waals surface area (Å²) in [6.07, 6.45) is -4.51. The molecule has 3 fully saturated rings. The van der Waals surface area contributed by atoms with E-state index in [-0.39, 0.29) is 50.8 Å². The first-order valence-corrected chi connectivity index (χ1v) is 20.9. The Balaban J connectivity index is 1.69. The number of esters is 1. The van der Waals surface area contributed by atoms with Crippen molar-refractivity contribution in [3.05, 3.63) is 23.8 Å². The molecule has 13 atom stereocenters.